The molecule has 0 spiro atoms. The molecule has 3 nitrogen and oxygen atoms in total. The standard InChI is InChI=1S/C9H11ClFNO2S/c1-15(13,14)5-4-12-7-2-3-9(11)8(10)6-7/h2-3,6,12H,4-5H2,1H3. The molecule has 1 N–H and O–H groups in total. The zero-order valence-electron chi connectivity index (χ0n) is 8.13. The largest absolute Gasteiger partial charge is 0.384 e. The zero-order valence-corrected chi connectivity index (χ0v) is 9.70. The molecule has 0 saturated heterocycles. The third-order valence-corrected chi connectivity index (χ3v) is 2.96. The molecule has 0 aliphatic heterocycles. The van der Waals surface area contributed by atoms with Crippen LogP contribution in [0.5, 0.6) is 0 Å². The first-order valence-corrected chi connectivity index (χ1v) is 6.69. The third kappa shape index (κ3) is 4.48. The quantitative estimate of drug-likeness (QED) is 0.890. The van der Waals surface area contributed by atoms with Crippen LogP contribution in [-0.2, 0) is 9.84 Å². The van der Waals surface area contributed by atoms with Crippen LogP contribution in [0.15, 0.2) is 18.2 Å². The minimum Gasteiger partial charge on any atom is -0.384 e. The molecule has 0 heterocycles. The Morgan fingerprint density at radius 3 is 2.67 bits per heavy atom. The van der Waals surface area contributed by atoms with Crippen LogP contribution in [0.3, 0.4) is 0 Å². The fraction of sp³-hybridized carbons (Fsp3) is 0.333. The Morgan fingerprint density at radius 2 is 2.13 bits per heavy atom. The highest BCUT2D eigenvalue weighted by Crippen LogP contribution is 2.18. The summed E-state index contributed by atoms with van der Waals surface area (Å²) in [7, 11) is -2.98. The minimum absolute atomic E-state index is 0.0133. The van der Waals surface area contributed by atoms with Crippen LogP contribution in [-0.4, -0.2) is 27.0 Å². The van der Waals surface area contributed by atoms with Crippen molar-refractivity contribution in [2.75, 3.05) is 23.9 Å². The van der Waals surface area contributed by atoms with Crippen molar-refractivity contribution in [3.63, 3.8) is 0 Å². The summed E-state index contributed by atoms with van der Waals surface area (Å²) in [4.78, 5) is 0. The Hall–Kier alpha value is -0.810. The van der Waals surface area contributed by atoms with Crippen LogP contribution in [0.1, 0.15) is 0 Å². The Balaban J connectivity index is 2.55. The predicted octanol–water partition coefficient (Wildman–Crippen LogP) is 1.94. The van der Waals surface area contributed by atoms with E-state index in [2.05, 4.69) is 5.32 Å². The molecule has 0 fully saturated rings. The minimum atomic E-state index is -2.98. The van der Waals surface area contributed by atoms with Crippen molar-refractivity contribution in [3.8, 4) is 0 Å². The summed E-state index contributed by atoms with van der Waals surface area (Å²) in [6, 6.07) is 4.15. The fourth-order valence-corrected chi connectivity index (χ4v) is 1.64. The van der Waals surface area contributed by atoms with Gasteiger partial charge in [-0.3, -0.25) is 0 Å². The first-order chi connectivity index (χ1) is 6.88. The maximum atomic E-state index is 12.8. The second-order valence-corrected chi connectivity index (χ2v) is 5.85. The second kappa shape index (κ2) is 4.81. The lowest BCUT2D eigenvalue weighted by Crippen LogP contribution is -2.14. The van der Waals surface area contributed by atoms with Gasteiger partial charge in [0.1, 0.15) is 15.7 Å². The van der Waals surface area contributed by atoms with Crippen LogP contribution >= 0.6 is 11.6 Å². The summed E-state index contributed by atoms with van der Waals surface area (Å²) in [5.41, 5.74) is 0.602. The molecule has 15 heavy (non-hydrogen) atoms. The van der Waals surface area contributed by atoms with E-state index >= 15 is 0 Å². The SMILES string of the molecule is CS(=O)(=O)CCNc1ccc(F)c(Cl)c1. The molecule has 0 aliphatic carbocycles. The lowest BCUT2D eigenvalue weighted by molar-refractivity contribution is 0.602. The first kappa shape index (κ1) is 12.3. The van der Waals surface area contributed by atoms with Crippen molar-refractivity contribution >= 4 is 27.1 Å². The molecule has 1 aromatic carbocycles. The van der Waals surface area contributed by atoms with Gasteiger partial charge in [-0.25, -0.2) is 12.8 Å². The van der Waals surface area contributed by atoms with E-state index in [1.165, 1.54) is 18.2 Å². The fourth-order valence-electron chi connectivity index (χ4n) is 0.987. The number of halogens is 2. The van der Waals surface area contributed by atoms with E-state index < -0.39 is 15.7 Å². The number of anilines is 1. The van der Waals surface area contributed by atoms with Crippen molar-refractivity contribution < 1.29 is 12.8 Å². The molecular formula is C9H11ClFNO2S. The molecule has 0 aromatic heterocycles. The highest BCUT2D eigenvalue weighted by Gasteiger charge is 2.03. The van der Waals surface area contributed by atoms with Crippen LogP contribution in [0.25, 0.3) is 0 Å². The molecule has 6 heteroatoms. The van der Waals surface area contributed by atoms with Gasteiger partial charge in [0.2, 0.25) is 0 Å². The predicted molar refractivity (Wildman–Crippen MR) is 59.6 cm³/mol. The monoisotopic (exact) mass is 251 g/mol. The molecule has 1 rings (SSSR count). The van der Waals surface area contributed by atoms with E-state index in [4.69, 9.17) is 11.6 Å². The van der Waals surface area contributed by atoms with Gasteiger partial charge in [0, 0.05) is 18.5 Å². The lowest BCUT2D eigenvalue weighted by atomic mass is 10.3. The number of benzene rings is 1. The van der Waals surface area contributed by atoms with Gasteiger partial charge in [-0.15, -0.1) is 0 Å². The van der Waals surface area contributed by atoms with Gasteiger partial charge < -0.3 is 5.32 Å². The first-order valence-electron chi connectivity index (χ1n) is 4.25. The van der Waals surface area contributed by atoms with Crippen molar-refractivity contribution in [1.29, 1.82) is 0 Å². The van der Waals surface area contributed by atoms with Gasteiger partial charge in [-0.1, -0.05) is 11.6 Å². The van der Waals surface area contributed by atoms with Crippen LogP contribution in [0.4, 0.5) is 10.1 Å². The average Bonchev–Trinajstić information content (AvgIpc) is 2.09. The molecule has 0 aliphatic rings. The van der Waals surface area contributed by atoms with Crippen molar-refractivity contribution in [2.45, 2.75) is 0 Å². The number of hydrogen-bond acceptors (Lipinski definition) is 3. The van der Waals surface area contributed by atoms with Gasteiger partial charge in [-0.05, 0) is 18.2 Å². The summed E-state index contributed by atoms with van der Waals surface area (Å²) >= 11 is 5.55. The summed E-state index contributed by atoms with van der Waals surface area (Å²) < 4.78 is 34.4. The summed E-state index contributed by atoms with van der Waals surface area (Å²) in [6.07, 6.45) is 1.16. The second-order valence-electron chi connectivity index (χ2n) is 3.19. The Bertz CT molecular complexity index is 447. The van der Waals surface area contributed by atoms with E-state index in [0.717, 1.165) is 6.26 Å². The van der Waals surface area contributed by atoms with Crippen LogP contribution < -0.4 is 5.32 Å². The van der Waals surface area contributed by atoms with Gasteiger partial charge >= 0.3 is 0 Å². The highest BCUT2D eigenvalue weighted by molar-refractivity contribution is 7.90. The summed E-state index contributed by atoms with van der Waals surface area (Å²) in [5.74, 6) is -0.465. The maximum absolute atomic E-state index is 12.8. The van der Waals surface area contributed by atoms with E-state index in [0.29, 0.717) is 5.69 Å². The van der Waals surface area contributed by atoms with Gasteiger partial charge in [-0.2, -0.15) is 0 Å². The van der Waals surface area contributed by atoms with E-state index in [1.54, 1.807) is 0 Å². The maximum Gasteiger partial charge on any atom is 0.149 e. The molecule has 0 saturated carbocycles. The van der Waals surface area contributed by atoms with E-state index in [9.17, 15) is 12.8 Å². The zero-order chi connectivity index (χ0) is 11.5. The Labute approximate surface area is 93.2 Å². The number of nitrogens with one attached hydrogen (secondary N) is 1. The van der Waals surface area contributed by atoms with Crippen LogP contribution in [0.2, 0.25) is 5.02 Å². The molecule has 0 amide bonds. The lowest BCUT2D eigenvalue weighted by Gasteiger charge is -2.05. The van der Waals surface area contributed by atoms with Gasteiger partial charge in [0.25, 0.3) is 0 Å². The topological polar surface area (TPSA) is 46.2 Å². The third-order valence-electron chi connectivity index (χ3n) is 1.72. The molecule has 1 aromatic rings. The van der Waals surface area contributed by atoms with E-state index in [1.807, 2.05) is 0 Å². The van der Waals surface area contributed by atoms with Crippen molar-refractivity contribution in [3.05, 3.63) is 29.0 Å². The number of hydrogen-bond donors (Lipinski definition) is 1. The van der Waals surface area contributed by atoms with Crippen molar-refractivity contribution in [1.82, 2.24) is 0 Å². The average molecular weight is 252 g/mol. The molecule has 0 atom stereocenters. The van der Waals surface area contributed by atoms with Crippen molar-refractivity contribution in [2.24, 2.45) is 0 Å². The molecular weight excluding hydrogens is 241 g/mol. The molecule has 84 valence electrons. The number of rotatable bonds is 4. The van der Waals surface area contributed by atoms with E-state index in [-0.39, 0.29) is 17.3 Å². The molecule has 0 radical (unpaired) electrons. The number of sulfone groups is 1. The Morgan fingerprint density at radius 1 is 1.47 bits per heavy atom. The Kier molecular flexibility index (Phi) is 3.93. The van der Waals surface area contributed by atoms with Crippen LogP contribution in [0, 0.1) is 5.82 Å². The van der Waals surface area contributed by atoms with Gasteiger partial charge in [0.15, 0.2) is 0 Å². The summed E-state index contributed by atoms with van der Waals surface area (Å²) in [6.45, 7) is 0.279. The molecule has 0 bridgehead atoms. The smallest absolute Gasteiger partial charge is 0.149 e. The summed E-state index contributed by atoms with van der Waals surface area (Å²) in [5, 5.41) is 2.85. The molecule has 0 unspecified atom stereocenters. The van der Waals surface area contributed by atoms with Gasteiger partial charge in [0.05, 0.1) is 10.8 Å². The highest BCUT2D eigenvalue weighted by atomic mass is 35.5. The normalized spacial score (nSPS) is 11.4.